The Morgan fingerprint density at radius 2 is 1.89 bits per heavy atom. The summed E-state index contributed by atoms with van der Waals surface area (Å²) in [7, 11) is -1.74. The third-order valence-corrected chi connectivity index (χ3v) is 4.01. The molecule has 0 atom stereocenters. The number of nitrogens with one attached hydrogen (secondary N) is 2. The van der Waals surface area contributed by atoms with Gasteiger partial charge in [0.2, 0.25) is 0 Å². The fourth-order valence-corrected chi connectivity index (χ4v) is 2.35. The van der Waals surface area contributed by atoms with Crippen LogP contribution in [0, 0.1) is 0 Å². The van der Waals surface area contributed by atoms with Crippen molar-refractivity contribution in [1.82, 2.24) is 14.3 Å². The average molecular weight is 281 g/mol. The molecule has 0 radical (unpaired) electrons. The van der Waals surface area contributed by atoms with Crippen LogP contribution in [0.1, 0.15) is 26.7 Å². The van der Waals surface area contributed by atoms with E-state index in [1.807, 2.05) is 13.8 Å². The molecule has 0 aromatic carbocycles. The summed E-state index contributed by atoms with van der Waals surface area (Å²) in [5.74, 6) is 0. The summed E-state index contributed by atoms with van der Waals surface area (Å²) >= 11 is 0. The molecule has 7 heteroatoms. The zero-order valence-corrected chi connectivity index (χ0v) is 12.6. The van der Waals surface area contributed by atoms with Crippen molar-refractivity contribution in [1.29, 1.82) is 0 Å². The van der Waals surface area contributed by atoms with Crippen molar-refractivity contribution in [3.63, 3.8) is 0 Å². The highest BCUT2D eigenvalue weighted by Gasteiger charge is 2.15. The topological polar surface area (TPSA) is 70.7 Å². The molecule has 0 aliphatic rings. The first-order valence-electron chi connectivity index (χ1n) is 6.54. The molecular formula is C11H27N3O3S. The number of rotatable bonds is 12. The molecule has 0 heterocycles. The van der Waals surface area contributed by atoms with Crippen LogP contribution in [-0.4, -0.2) is 59.2 Å². The molecule has 0 rings (SSSR count). The van der Waals surface area contributed by atoms with Gasteiger partial charge in [-0.05, 0) is 32.9 Å². The average Bonchev–Trinajstić information content (AvgIpc) is 2.34. The van der Waals surface area contributed by atoms with E-state index >= 15 is 0 Å². The lowest BCUT2D eigenvalue weighted by atomic mass is 10.4. The van der Waals surface area contributed by atoms with Gasteiger partial charge in [-0.25, -0.2) is 4.72 Å². The molecule has 0 unspecified atom stereocenters. The number of nitrogens with zero attached hydrogens (tertiary/aromatic N) is 1. The molecule has 6 nitrogen and oxygen atoms in total. The molecule has 0 bridgehead atoms. The van der Waals surface area contributed by atoms with Crippen molar-refractivity contribution in [3.8, 4) is 0 Å². The van der Waals surface area contributed by atoms with E-state index < -0.39 is 10.2 Å². The zero-order chi connectivity index (χ0) is 13.9. The molecule has 0 saturated heterocycles. The van der Waals surface area contributed by atoms with Gasteiger partial charge < -0.3 is 10.1 Å². The van der Waals surface area contributed by atoms with Crippen LogP contribution in [0.3, 0.4) is 0 Å². The fourth-order valence-electron chi connectivity index (χ4n) is 1.35. The Morgan fingerprint density at radius 1 is 1.17 bits per heavy atom. The van der Waals surface area contributed by atoms with Gasteiger partial charge in [-0.15, -0.1) is 0 Å². The Kier molecular flexibility index (Phi) is 10.6. The predicted octanol–water partition coefficient (Wildman–Crippen LogP) is 0.179. The van der Waals surface area contributed by atoms with Gasteiger partial charge in [-0.1, -0.05) is 6.92 Å². The van der Waals surface area contributed by atoms with Crippen molar-refractivity contribution in [3.05, 3.63) is 0 Å². The van der Waals surface area contributed by atoms with Crippen LogP contribution >= 0.6 is 0 Å². The Hall–Kier alpha value is -0.210. The molecule has 0 saturated carbocycles. The quantitative estimate of drug-likeness (QED) is 0.501. The van der Waals surface area contributed by atoms with E-state index in [0.29, 0.717) is 32.7 Å². The summed E-state index contributed by atoms with van der Waals surface area (Å²) in [5, 5.41) is 3.16. The van der Waals surface area contributed by atoms with Crippen molar-refractivity contribution in [2.75, 3.05) is 46.4 Å². The first-order chi connectivity index (χ1) is 8.54. The van der Waals surface area contributed by atoms with Crippen LogP contribution in [0.2, 0.25) is 0 Å². The van der Waals surface area contributed by atoms with Gasteiger partial charge in [0.1, 0.15) is 0 Å². The molecule has 0 amide bonds. The lowest BCUT2D eigenvalue weighted by molar-refractivity contribution is 0.146. The second-order valence-corrected chi connectivity index (χ2v) is 5.84. The van der Waals surface area contributed by atoms with Crippen molar-refractivity contribution >= 4 is 10.2 Å². The van der Waals surface area contributed by atoms with Crippen LogP contribution in [0.15, 0.2) is 0 Å². The van der Waals surface area contributed by atoms with Gasteiger partial charge >= 0.3 is 0 Å². The largest absolute Gasteiger partial charge is 0.382 e. The normalized spacial score (nSPS) is 12.2. The molecule has 0 aromatic rings. The van der Waals surface area contributed by atoms with Crippen molar-refractivity contribution in [2.24, 2.45) is 0 Å². The maximum Gasteiger partial charge on any atom is 0.279 e. The lowest BCUT2D eigenvalue weighted by Gasteiger charge is -2.17. The Bertz CT molecular complexity index is 283. The van der Waals surface area contributed by atoms with E-state index in [2.05, 4.69) is 10.0 Å². The van der Waals surface area contributed by atoms with Gasteiger partial charge in [-0.2, -0.15) is 12.7 Å². The van der Waals surface area contributed by atoms with Gasteiger partial charge in [0.25, 0.3) is 10.2 Å². The smallest absolute Gasteiger partial charge is 0.279 e. The van der Waals surface area contributed by atoms with Gasteiger partial charge in [0, 0.05) is 33.4 Å². The first kappa shape index (κ1) is 17.8. The summed E-state index contributed by atoms with van der Waals surface area (Å²) in [5.41, 5.74) is 0. The Labute approximate surface area is 111 Å². The summed E-state index contributed by atoms with van der Waals surface area (Å²) in [6.45, 7) is 7.88. The minimum atomic E-state index is -3.33. The standard InChI is InChI=1S/C11H27N3O3S/c1-4-12-8-6-10-14(3)18(15,16)13-9-7-11-17-5-2/h12-13H,4-11H2,1-3H3. The van der Waals surface area contributed by atoms with E-state index in [1.54, 1.807) is 7.05 Å². The molecule has 110 valence electrons. The van der Waals surface area contributed by atoms with Crippen LogP contribution in [-0.2, 0) is 14.9 Å². The molecular weight excluding hydrogens is 254 g/mol. The van der Waals surface area contributed by atoms with Crippen LogP contribution in [0.25, 0.3) is 0 Å². The number of hydrogen-bond donors (Lipinski definition) is 2. The van der Waals surface area contributed by atoms with Crippen LogP contribution in [0.4, 0.5) is 0 Å². The van der Waals surface area contributed by atoms with E-state index in [4.69, 9.17) is 4.74 Å². The van der Waals surface area contributed by atoms with Crippen molar-refractivity contribution in [2.45, 2.75) is 26.7 Å². The van der Waals surface area contributed by atoms with Gasteiger partial charge in [-0.3, -0.25) is 0 Å². The van der Waals surface area contributed by atoms with E-state index in [-0.39, 0.29) is 0 Å². The lowest BCUT2D eigenvalue weighted by Crippen LogP contribution is -2.40. The number of ether oxygens (including phenoxy) is 1. The van der Waals surface area contributed by atoms with Gasteiger partial charge in [0.05, 0.1) is 0 Å². The zero-order valence-electron chi connectivity index (χ0n) is 11.7. The minimum absolute atomic E-state index is 0.417. The predicted molar refractivity (Wildman–Crippen MR) is 73.8 cm³/mol. The highest BCUT2D eigenvalue weighted by Crippen LogP contribution is 1.95. The third kappa shape index (κ3) is 8.82. The fraction of sp³-hybridized carbons (Fsp3) is 1.00. The molecule has 0 aliphatic heterocycles. The van der Waals surface area contributed by atoms with E-state index in [0.717, 1.165) is 19.5 Å². The van der Waals surface area contributed by atoms with Gasteiger partial charge in [0.15, 0.2) is 0 Å². The maximum absolute atomic E-state index is 11.8. The van der Waals surface area contributed by atoms with E-state index in [9.17, 15) is 8.42 Å². The highest BCUT2D eigenvalue weighted by atomic mass is 32.2. The molecule has 2 N–H and O–H groups in total. The summed E-state index contributed by atoms with van der Waals surface area (Å²) in [4.78, 5) is 0. The first-order valence-corrected chi connectivity index (χ1v) is 7.98. The Morgan fingerprint density at radius 3 is 2.50 bits per heavy atom. The molecule has 0 spiro atoms. The van der Waals surface area contributed by atoms with E-state index in [1.165, 1.54) is 4.31 Å². The summed E-state index contributed by atoms with van der Waals surface area (Å²) < 4.78 is 32.6. The minimum Gasteiger partial charge on any atom is -0.382 e. The SMILES string of the molecule is CCNCCCN(C)S(=O)(=O)NCCCOCC. The third-order valence-electron chi connectivity index (χ3n) is 2.44. The second kappa shape index (κ2) is 10.7. The molecule has 0 aromatic heterocycles. The maximum atomic E-state index is 11.8. The van der Waals surface area contributed by atoms with Crippen LogP contribution < -0.4 is 10.0 Å². The summed E-state index contributed by atoms with van der Waals surface area (Å²) in [6, 6.07) is 0. The molecule has 18 heavy (non-hydrogen) atoms. The summed E-state index contributed by atoms with van der Waals surface area (Å²) in [6.07, 6.45) is 1.50. The molecule has 0 aliphatic carbocycles. The highest BCUT2D eigenvalue weighted by molar-refractivity contribution is 7.87. The second-order valence-electron chi connectivity index (χ2n) is 3.98. The van der Waals surface area contributed by atoms with Crippen molar-refractivity contribution < 1.29 is 13.2 Å². The Balaban J connectivity index is 3.75. The monoisotopic (exact) mass is 281 g/mol. The van der Waals surface area contributed by atoms with Crippen LogP contribution in [0.5, 0.6) is 0 Å². The molecule has 0 fully saturated rings. The number of hydrogen-bond acceptors (Lipinski definition) is 4.